The number of rotatable bonds is 5. The molecule has 6 nitrogen and oxygen atoms in total. The van der Waals surface area contributed by atoms with Gasteiger partial charge in [-0.25, -0.2) is 12.8 Å². The fourth-order valence-corrected chi connectivity index (χ4v) is 5.23. The number of aryl methyl sites for hydroxylation is 1. The summed E-state index contributed by atoms with van der Waals surface area (Å²) < 4.78 is 41.0. The Hall–Kier alpha value is -2.87. The first-order chi connectivity index (χ1) is 15.0. The molecule has 0 aliphatic heterocycles. The number of nitrogens with zero attached hydrogens (tertiary/aromatic N) is 1. The molecule has 0 bridgehead atoms. The van der Waals surface area contributed by atoms with Crippen LogP contribution in [0.5, 0.6) is 5.75 Å². The number of phenols is 1. The molecule has 1 aliphatic rings. The molecule has 1 fully saturated rings. The van der Waals surface area contributed by atoms with Gasteiger partial charge >= 0.3 is 0 Å². The number of aromatic nitrogens is 1. The molecule has 1 saturated carbocycles. The molecule has 2 N–H and O–H groups in total. The third-order valence-corrected chi connectivity index (χ3v) is 6.75. The number of carbonyl (C=O) groups excluding carboxylic acids is 1. The first-order valence-corrected chi connectivity index (χ1v) is 12.5. The largest absolute Gasteiger partial charge is 0.508 e. The maximum absolute atomic E-state index is 14.0. The van der Waals surface area contributed by atoms with E-state index in [1.54, 1.807) is 31.2 Å². The molecule has 8 heteroatoms. The summed E-state index contributed by atoms with van der Waals surface area (Å²) in [6.07, 6.45) is 2.02. The SMILES string of the molecule is Cc1cc(-n2c(C(C)C)c([C@H]3C[C@H](C(=O)NS(C)(=O)=O)C3)c3cc(O)ccc32)ccc1F. The predicted molar refractivity (Wildman–Crippen MR) is 122 cm³/mol. The number of phenolic OH excluding ortho intramolecular Hbond substituents is 1. The van der Waals surface area contributed by atoms with Gasteiger partial charge in [-0.1, -0.05) is 13.8 Å². The Bertz CT molecular complexity index is 1320. The Morgan fingerprint density at radius 3 is 2.47 bits per heavy atom. The van der Waals surface area contributed by atoms with Crippen LogP contribution < -0.4 is 4.72 Å². The van der Waals surface area contributed by atoms with Crippen molar-refractivity contribution in [3.63, 3.8) is 0 Å². The lowest BCUT2D eigenvalue weighted by Crippen LogP contribution is -2.40. The minimum Gasteiger partial charge on any atom is -0.508 e. The molecule has 4 rings (SSSR count). The molecule has 0 spiro atoms. The average molecular weight is 459 g/mol. The van der Waals surface area contributed by atoms with Gasteiger partial charge in [0.15, 0.2) is 0 Å². The van der Waals surface area contributed by atoms with Crippen molar-refractivity contribution >= 4 is 26.8 Å². The van der Waals surface area contributed by atoms with E-state index in [1.165, 1.54) is 6.07 Å². The van der Waals surface area contributed by atoms with Crippen LogP contribution in [0.3, 0.4) is 0 Å². The third-order valence-electron chi connectivity index (χ3n) is 6.18. The first kappa shape index (κ1) is 22.3. The van der Waals surface area contributed by atoms with Gasteiger partial charge in [-0.3, -0.25) is 9.52 Å². The zero-order valence-corrected chi connectivity index (χ0v) is 19.3. The second-order valence-corrected chi connectivity index (χ2v) is 10.8. The number of amides is 1. The van der Waals surface area contributed by atoms with E-state index >= 15 is 0 Å². The summed E-state index contributed by atoms with van der Waals surface area (Å²) in [7, 11) is -3.60. The van der Waals surface area contributed by atoms with Gasteiger partial charge in [0.25, 0.3) is 0 Å². The topological polar surface area (TPSA) is 88.4 Å². The van der Waals surface area contributed by atoms with Crippen LogP contribution in [-0.4, -0.2) is 30.3 Å². The van der Waals surface area contributed by atoms with E-state index in [-0.39, 0.29) is 29.3 Å². The van der Waals surface area contributed by atoms with Gasteiger partial charge in [0.2, 0.25) is 15.9 Å². The van der Waals surface area contributed by atoms with Crippen molar-refractivity contribution in [3.05, 3.63) is 59.0 Å². The standard InChI is InChI=1S/C24H27FN2O4S/c1-13(2)23-22(15-10-16(11-15)24(29)26-32(4,30)31)19-12-18(28)6-8-21(19)27(23)17-5-7-20(25)14(3)9-17/h5-9,12-13,15-16,28H,10-11H2,1-4H3,(H,26,29)/t15-,16-. The van der Waals surface area contributed by atoms with Crippen LogP contribution in [-0.2, 0) is 14.8 Å². The number of carbonyl (C=O) groups is 1. The number of hydrogen-bond donors (Lipinski definition) is 2. The highest BCUT2D eigenvalue weighted by Gasteiger charge is 2.39. The van der Waals surface area contributed by atoms with Gasteiger partial charge in [0.1, 0.15) is 11.6 Å². The van der Waals surface area contributed by atoms with Crippen LogP contribution in [0.2, 0.25) is 0 Å². The van der Waals surface area contributed by atoms with E-state index in [0.717, 1.165) is 34.1 Å². The Morgan fingerprint density at radius 1 is 1.19 bits per heavy atom. The number of hydrogen-bond acceptors (Lipinski definition) is 4. The number of aromatic hydroxyl groups is 1. The van der Waals surface area contributed by atoms with Crippen LogP contribution in [0.4, 0.5) is 4.39 Å². The van der Waals surface area contributed by atoms with Crippen LogP contribution in [0, 0.1) is 18.7 Å². The van der Waals surface area contributed by atoms with E-state index in [0.29, 0.717) is 18.4 Å². The van der Waals surface area contributed by atoms with Crippen molar-refractivity contribution in [1.82, 2.24) is 9.29 Å². The highest BCUT2D eigenvalue weighted by atomic mass is 32.2. The Balaban J connectivity index is 1.83. The van der Waals surface area contributed by atoms with Crippen LogP contribution in [0.1, 0.15) is 55.3 Å². The van der Waals surface area contributed by atoms with Crippen molar-refractivity contribution < 1.29 is 22.7 Å². The Kier molecular flexibility index (Phi) is 5.53. The Morgan fingerprint density at radius 2 is 1.88 bits per heavy atom. The van der Waals surface area contributed by atoms with Gasteiger partial charge < -0.3 is 9.67 Å². The quantitative estimate of drug-likeness (QED) is 0.590. The fraction of sp³-hybridized carbons (Fsp3) is 0.375. The molecule has 3 aromatic rings. The van der Waals surface area contributed by atoms with Crippen LogP contribution in [0.25, 0.3) is 16.6 Å². The van der Waals surface area contributed by atoms with Gasteiger partial charge in [-0.15, -0.1) is 0 Å². The van der Waals surface area contributed by atoms with Crippen LogP contribution >= 0.6 is 0 Å². The minimum absolute atomic E-state index is 0.0507. The van der Waals surface area contributed by atoms with E-state index < -0.39 is 15.9 Å². The smallest absolute Gasteiger partial charge is 0.236 e. The molecule has 0 unspecified atom stereocenters. The highest BCUT2D eigenvalue weighted by Crippen LogP contribution is 2.49. The molecule has 0 radical (unpaired) electrons. The van der Waals surface area contributed by atoms with Gasteiger partial charge in [-0.2, -0.15) is 0 Å². The molecule has 0 atom stereocenters. The maximum Gasteiger partial charge on any atom is 0.236 e. The van der Waals surface area contributed by atoms with Gasteiger partial charge in [-0.05, 0) is 79.1 Å². The summed E-state index contributed by atoms with van der Waals surface area (Å²) in [5, 5.41) is 11.1. The van der Waals surface area contributed by atoms with E-state index in [2.05, 4.69) is 23.1 Å². The summed E-state index contributed by atoms with van der Waals surface area (Å²) in [6, 6.07) is 10.2. The van der Waals surface area contributed by atoms with E-state index in [1.807, 2.05) is 6.07 Å². The maximum atomic E-state index is 14.0. The lowest BCUT2D eigenvalue weighted by atomic mass is 9.69. The third kappa shape index (κ3) is 3.99. The summed E-state index contributed by atoms with van der Waals surface area (Å²) >= 11 is 0. The summed E-state index contributed by atoms with van der Waals surface area (Å²) in [4.78, 5) is 12.3. The molecule has 1 aromatic heterocycles. The highest BCUT2D eigenvalue weighted by molar-refractivity contribution is 7.89. The molecule has 0 saturated heterocycles. The number of benzene rings is 2. The van der Waals surface area contributed by atoms with Crippen molar-refractivity contribution in [2.75, 3.05) is 6.26 Å². The monoisotopic (exact) mass is 458 g/mol. The lowest BCUT2D eigenvalue weighted by Gasteiger charge is -2.35. The number of fused-ring (bicyclic) bond motifs is 1. The molecule has 1 heterocycles. The number of sulfonamides is 1. The normalized spacial score (nSPS) is 18.7. The van der Waals surface area contributed by atoms with Crippen molar-refractivity contribution in [3.8, 4) is 11.4 Å². The second kappa shape index (κ2) is 7.92. The molecule has 1 aliphatic carbocycles. The molecular weight excluding hydrogens is 431 g/mol. The van der Waals surface area contributed by atoms with E-state index in [4.69, 9.17) is 0 Å². The molecule has 32 heavy (non-hydrogen) atoms. The number of halogens is 1. The molecular formula is C24H27FN2O4S. The summed E-state index contributed by atoms with van der Waals surface area (Å²) in [5.74, 6) is -0.808. The summed E-state index contributed by atoms with van der Waals surface area (Å²) in [6.45, 7) is 5.89. The molecule has 170 valence electrons. The van der Waals surface area contributed by atoms with Gasteiger partial charge in [0, 0.05) is 22.7 Å². The molecule has 2 aromatic carbocycles. The average Bonchev–Trinajstić information content (AvgIpc) is 2.96. The predicted octanol–water partition coefficient (Wildman–Crippen LogP) is 4.48. The zero-order valence-electron chi connectivity index (χ0n) is 18.5. The first-order valence-electron chi connectivity index (χ1n) is 10.6. The Labute approximate surface area is 187 Å². The lowest BCUT2D eigenvalue weighted by molar-refractivity contribution is -0.126. The minimum atomic E-state index is -3.60. The fourth-order valence-electron chi connectivity index (χ4n) is 4.70. The zero-order chi connectivity index (χ0) is 23.4. The van der Waals surface area contributed by atoms with Crippen molar-refractivity contribution in [2.45, 2.75) is 45.4 Å². The molecule has 1 amide bonds. The number of nitrogens with one attached hydrogen (secondary N) is 1. The summed E-state index contributed by atoms with van der Waals surface area (Å²) in [5.41, 5.74) is 4.37. The van der Waals surface area contributed by atoms with E-state index in [9.17, 15) is 22.7 Å². The van der Waals surface area contributed by atoms with Gasteiger partial charge in [0.05, 0.1) is 11.8 Å². The van der Waals surface area contributed by atoms with Crippen molar-refractivity contribution in [2.24, 2.45) is 5.92 Å². The second-order valence-electron chi connectivity index (χ2n) is 9.03. The van der Waals surface area contributed by atoms with Crippen LogP contribution in [0.15, 0.2) is 36.4 Å². The van der Waals surface area contributed by atoms with Crippen molar-refractivity contribution in [1.29, 1.82) is 0 Å².